The molecule has 1 unspecified atom stereocenters. The van der Waals surface area contributed by atoms with Gasteiger partial charge in [0.1, 0.15) is 28.6 Å². The Balaban J connectivity index is 0.000000934. The molecule has 1 saturated heterocycles. The van der Waals surface area contributed by atoms with E-state index < -0.39 is 33.3 Å². The maximum absolute atomic E-state index is 13.3. The van der Waals surface area contributed by atoms with Crippen molar-refractivity contribution in [1.82, 2.24) is 14.7 Å². The normalized spacial score (nSPS) is 16.2. The van der Waals surface area contributed by atoms with Gasteiger partial charge in [0.05, 0.1) is 11.5 Å². The monoisotopic (exact) mass is 538 g/mol. The number of rotatable bonds is 5. The van der Waals surface area contributed by atoms with Gasteiger partial charge in [0.25, 0.3) is 17.4 Å². The molecule has 12 heteroatoms. The third-order valence-corrected chi connectivity index (χ3v) is 7.48. The smallest absolute Gasteiger partial charge is 0.300 e. The summed E-state index contributed by atoms with van der Waals surface area (Å²) >= 11 is 0. The van der Waals surface area contributed by atoms with Gasteiger partial charge in [-0.15, -0.1) is 0 Å². The van der Waals surface area contributed by atoms with Crippen LogP contribution < -0.4 is 15.6 Å². The van der Waals surface area contributed by atoms with Crippen LogP contribution in [0, 0.1) is 25.2 Å². The summed E-state index contributed by atoms with van der Waals surface area (Å²) in [6.45, 7) is 4.88. The average Bonchev–Trinajstić information content (AvgIpc) is 3.19. The molecular weight excluding hydrogens is 512 g/mol. The first kappa shape index (κ1) is 28.1. The summed E-state index contributed by atoms with van der Waals surface area (Å²) in [4.78, 5) is 39.4. The number of hydrogen-bond acceptors (Lipinski definition) is 8. The number of aromatic nitrogens is 2. The zero-order chi connectivity index (χ0) is 28.0. The van der Waals surface area contributed by atoms with Crippen LogP contribution in [0.2, 0.25) is 0 Å². The number of carbonyl (C=O) groups excluding carboxylic acids is 1. The van der Waals surface area contributed by atoms with Gasteiger partial charge in [0.15, 0.2) is 9.84 Å². The van der Waals surface area contributed by atoms with Crippen molar-refractivity contribution >= 4 is 33.4 Å². The number of aryl methyl sites for hydroxylation is 1. The molecule has 2 aromatic heterocycles. The highest BCUT2D eigenvalue weighted by Crippen LogP contribution is 2.28. The molecule has 4 rings (SSSR count). The van der Waals surface area contributed by atoms with Crippen molar-refractivity contribution in [2.75, 3.05) is 11.5 Å². The Morgan fingerprint density at radius 3 is 2.58 bits per heavy atom. The lowest BCUT2D eigenvalue weighted by Gasteiger charge is -2.13. The standard InChI is InChI=1S/C24H22N4O5S.C2H4O2/c1-15-6-5-7-20(16(15)2)33-23-19(24(30)28-10-4-3-8-21(28)27-23)12-17(13-25)22(29)26-18-9-11-34(31,32)14-18;1-2(3)4/h3-8,10,12,18H,9,11,14H2,1-2H3,(H,26,29);1H3,(H,3,4)/b17-12-;. The molecule has 198 valence electrons. The maximum Gasteiger partial charge on any atom is 0.300 e. The first-order valence-electron chi connectivity index (χ1n) is 11.5. The third-order valence-electron chi connectivity index (χ3n) is 5.72. The van der Waals surface area contributed by atoms with Crippen molar-refractivity contribution in [1.29, 1.82) is 5.26 Å². The summed E-state index contributed by atoms with van der Waals surface area (Å²) < 4.78 is 30.7. The average molecular weight is 539 g/mol. The second-order valence-electron chi connectivity index (χ2n) is 8.63. The minimum absolute atomic E-state index is 0.0205. The first-order chi connectivity index (χ1) is 17.9. The van der Waals surface area contributed by atoms with Crippen molar-refractivity contribution in [3.8, 4) is 17.7 Å². The maximum atomic E-state index is 13.3. The van der Waals surface area contributed by atoms with Crippen LogP contribution in [-0.4, -0.2) is 52.3 Å². The van der Waals surface area contributed by atoms with Crippen LogP contribution in [0.4, 0.5) is 0 Å². The number of ether oxygens (including phenoxy) is 1. The van der Waals surface area contributed by atoms with Gasteiger partial charge >= 0.3 is 0 Å². The number of carbonyl (C=O) groups is 2. The fraction of sp³-hybridized carbons (Fsp3) is 0.269. The van der Waals surface area contributed by atoms with Crippen LogP contribution in [0.5, 0.6) is 11.6 Å². The fourth-order valence-corrected chi connectivity index (χ4v) is 5.36. The van der Waals surface area contributed by atoms with Gasteiger partial charge in [-0.25, -0.2) is 8.42 Å². The van der Waals surface area contributed by atoms with Gasteiger partial charge in [0.2, 0.25) is 5.88 Å². The van der Waals surface area contributed by atoms with E-state index in [1.54, 1.807) is 30.3 Å². The van der Waals surface area contributed by atoms with Crippen LogP contribution in [0.1, 0.15) is 30.0 Å². The van der Waals surface area contributed by atoms with E-state index in [-0.39, 0.29) is 34.9 Å². The number of aliphatic carboxylic acids is 1. The summed E-state index contributed by atoms with van der Waals surface area (Å²) in [7, 11) is -3.21. The number of carboxylic acid groups (broad SMARTS) is 1. The minimum atomic E-state index is -3.21. The zero-order valence-corrected chi connectivity index (χ0v) is 21.8. The van der Waals surface area contributed by atoms with E-state index in [4.69, 9.17) is 14.6 Å². The van der Waals surface area contributed by atoms with E-state index in [2.05, 4.69) is 10.3 Å². The van der Waals surface area contributed by atoms with E-state index in [9.17, 15) is 23.3 Å². The van der Waals surface area contributed by atoms with E-state index in [1.165, 1.54) is 10.6 Å². The van der Waals surface area contributed by atoms with Crippen molar-refractivity contribution in [2.45, 2.75) is 33.2 Å². The van der Waals surface area contributed by atoms with Crippen LogP contribution in [-0.2, 0) is 19.4 Å². The molecule has 0 radical (unpaired) electrons. The second-order valence-corrected chi connectivity index (χ2v) is 10.9. The molecule has 11 nitrogen and oxygen atoms in total. The quantitative estimate of drug-likeness (QED) is 0.366. The van der Waals surface area contributed by atoms with Crippen LogP contribution in [0.3, 0.4) is 0 Å². The predicted octanol–water partition coefficient (Wildman–Crippen LogP) is 2.40. The van der Waals surface area contributed by atoms with Gasteiger partial charge in [-0.3, -0.25) is 18.8 Å². The van der Waals surface area contributed by atoms with Crippen LogP contribution in [0.15, 0.2) is 53.0 Å². The Kier molecular flexibility index (Phi) is 8.64. The van der Waals surface area contributed by atoms with E-state index in [0.29, 0.717) is 11.4 Å². The molecule has 1 aliphatic rings. The first-order valence-corrected chi connectivity index (χ1v) is 13.3. The summed E-state index contributed by atoms with van der Waals surface area (Å²) in [5.41, 5.74) is 1.23. The van der Waals surface area contributed by atoms with E-state index in [0.717, 1.165) is 24.1 Å². The minimum Gasteiger partial charge on any atom is -0.481 e. The third kappa shape index (κ3) is 6.83. The number of fused-ring (bicyclic) bond motifs is 1. The Hall–Kier alpha value is -4.50. The van der Waals surface area contributed by atoms with E-state index >= 15 is 0 Å². The number of nitrogens with zero attached hydrogens (tertiary/aromatic N) is 3. The highest BCUT2D eigenvalue weighted by Gasteiger charge is 2.30. The van der Waals surface area contributed by atoms with Crippen molar-refractivity contribution < 1.29 is 27.9 Å². The Morgan fingerprint density at radius 2 is 1.95 bits per heavy atom. The second kappa shape index (κ2) is 11.7. The molecule has 0 bridgehead atoms. The number of benzene rings is 1. The number of pyridine rings is 1. The number of nitrogens with one attached hydrogen (secondary N) is 1. The SMILES string of the molecule is CC(=O)O.Cc1cccc(Oc2nc3ccccn3c(=O)c2/C=C(/C#N)C(=O)NC2CCS(=O)(=O)C2)c1C. The molecule has 1 fully saturated rings. The molecule has 0 saturated carbocycles. The lowest BCUT2D eigenvalue weighted by atomic mass is 10.1. The lowest BCUT2D eigenvalue weighted by molar-refractivity contribution is -0.134. The molecule has 3 aromatic rings. The Bertz CT molecular complexity index is 1630. The largest absolute Gasteiger partial charge is 0.481 e. The molecule has 2 N–H and O–H groups in total. The number of nitriles is 1. The molecule has 0 aliphatic carbocycles. The van der Waals surface area contributed by atoms with Crippen LogP contribution >= 0.6 is 0 Å². The van der Waals surface area contributed by atoms with E-state index in [1.807, 2.05) is 26.0 Å². The number of carboxylic acids is 1. The summed E-state index contributed by atoms with van der Waals surface area (Å²) in [5.74, 6) is -1.36. The molecule has 1 amide bonds. The van der Waals surface area contributed by atoms with Gasteiger partial charge in [-0.05, 0) is 55.7 Å². The molecule has 38 heavy (non-hydrogen) atoms. The Labute approximate surface area is 218 Å². The molecule has 1 aromatic carbocycles. The van der Waals surface area contributed by atoms with Gasteiger partial charge < -0.3 is 15.2 Å². The number of hydrogen-bond donors (Lipinski definition) is 2. The fourth-order valence-electron chi connectivity index (χ4n) is 3.69. The molecule has 1 aliphatic heterocycles. The highest BCUT2D eigenvalue weighted by molar-refractivity contribution is 7.91. The summed E-state index contributed by atoms with van der Waals surface area (Å²) in [6.07, 6.45) is 2.93. The number of amides is 1. The topological polar surface area (TPSA) is 168 Å². The zero-order valence-electron chi connectivity index (χ0n) is 21.0. The van der Waals surface area contributed by atoms with Gasteiger partial charge in [-0.2, -0.15) is 10.2 Å². The summed E-state index contributed by atoms with van der Waals surface area (Å²) in [6, 6.07) is 11.7. The predicted molar refractivity (Wildman–Crippen MR) is 140 cm³/mol. The Morgan fingerprint density at radius 1 is 1.24 bits per heavy atom. The lowest BCUT2D eigenvalue weighted by Crippen LogP contribution is -2.36. The van der Waals surface area contributed by atoms with Gasteiger partial charge in [0, 0.05) is 19.2 Å². The number of sulfone groups is 1. The molecule has 3 heterocycles. The molecular formula is C26H26N4O7S. The molecule has 1 atom stereocenters. The molecule has 0 spiro atoms. The highest BCUT2D eigenvalue weighted by atomic mass is 32.2. The van der Waals surface area contributed by atoms with Crippen molar-refractivity contribution in [2.24, 2.45) is 0 Å². The van der Waals surface area contributed by atoms with Crippen LogP contribution in [0.25, 0.3) is 11.7 Å². The van der Waals surface area contributed by atoms with Crippen molar-refractivity contribution in [3.05, 3.63) is 75.2 Å². The van der Waals surface area contributed by atoms with Crippen molar-refractivity contribution in [3.63, 3.8) is 0 Å². The summed E-state index contributed by atoms with van der Waals surface area (Å²) in [5, 5.41) is 19.6. The van der Waals surface area contributed by atoms with Gasteiger partial charge in [-0.1, -0.05) is 18.2 Å².